The molecule has 0 radical (unpaired) electrons. The topological polar surface area (TPSA) is 8.17 Å². The van der Waals surface area contributed by atoms with Crippen molar-refractivity contribution < 1.29 is 0 Å². The zero-order valence-electron chi connectivity index (χ0n) is 35.5. The lowest BCUT2D eigenvalue weighted by Gasteiger charge is -2.39. The van der Waals surface area contributed by atoms with Crippen LogP contribution in [0.4, 0.5) is 17.1 Å². The number of aromatic nitrogens is 1. The van der Waals surface area contributed by atoms with Crippen molar-refractivity contribution >= 4 is 60.4 Å². The molecule has 2 heterocycles. The number of fused-ring (bicyclic) bond motifs is 14. The first kappa shape index (κ1) is 36.1. The van der Waals surface area contributed by atoms with Gasteiger partial charge < -0.3 is 9.47 Å². The van der Waals surface area contributed by atoms with E-state index in [-0.39, 0.29) is 0 Å². The fourth-order valence-corrected chi connectivity index (χ4v) is 11.9. The average molecular weight is 825 g/mol. The molecule has 2 heteroatoms. The van der Waals surface area contributed by atoms with Gasteiger partial charge in [0.25, 0.3) is 0 Å². The summed E-state index contributed by atoms with van der Waals surface area (Å²) < 4.78 is 2.52. The Morgan fingerprint density at radius 1 is 0.292 bits per heavy atom. The Morgan fingerprint density at radius 2 is 0.785 bits per heavy atom. The van der Waals surface area contributed by atoms with Crippen molar-refractivity contribution in [3.05, 3.63) is 265 Å². The molecule has 14 rings (SSSR count). The lowest BCUT2D eigenvalue weighted by molar-refractivity contribution is 0.748. The summed E-state index contributed by atoms with van der Waals surface area (Å²) in [6.07, 6.45) is 0. The molecule has 65 heavy (non-hydrogen) atoms. The van der Waals surface area contributed by atoms with Gasteiger partial charge in [0.2, 0.25) is 0 Å². The van der Waals surface area contributed by atoms with Gasteiger partial charge in [-0.1, -0.05) is 212 Å². The quantitative estimate of drug-likeness (QED) is 0.168. The average Bonchev–Trinajstić information content (AvgIpc) is 3.88. The van der Waals surface area contributed by atoms with Gasteiger partial charge in [-0.15, -0.1) is 0 Å². The van der Waals surface area contributed by atoms with Crippen molar-refractivity contribution in [2.45, 2.75) is 5.41 Å². The number of nitrogens with zero attached hydrogens (tertiary/aromatic N) is 2. The summed E-state index contributed by atoms with van der Waals surface area (Å²) in [6, 6.07) is 90.3. The second-order valence-corrected chi connectivity index (χ2v) is 17.5. The SMILES string of the molecule is c1ccc(-c2cccc3ccccc23)c(-c2ccccc2N(c2cccc3c2-c2ccccc2C32c3ccccc3-n3c4ccccc4c4cccc2c43)c2cccc3ccccc23)c1. The Balaban J connectivity index is 1.10. The summed E-state index contributed by atoms with van der Waals surface area (Å²) in [7, 11) is 0. The van der Waals surface area contributed by atoms with E-state index >= 15 is 0 Å². The van der Waals surface area contributed by atoms with Crippen molar-refractivity contribution in [1.82, 2.24) is 4.57 Å². The summed E-state index contributed by atoms with van der Waals surface area (Å²) in [4.78, 5) is 2.57. The van der Waals surface area contributed by atoms with Crippen LogP contribution < -0.4 is 4.90 Å². The third kappa shape index (κ3) is 4.88. The van der Waals surface area contributed by atoms with E-state index < -0.39 is 5.41 Å². The zero-order chi connectivity index (χ0) is 42.6. The van der Waals surface area contributed by atoms with Crippen LogP contribution >= 0.6 is 0 Å². The Morgan fingerprint density at radius 3 is 1.63 bits per heavy atom. The van der Waals surface area contributed by atoms with Gasteiger partial charge in [-0.25, -0.2) is 0 Å². The minimum atomic E-state index is -0.576. The Bertz CT molecular complexity index is 3920. The first-order valence-corrected chi connectivity index (χ1v) is 22.6. The molecular weight excluding hydrogens is 785 g/mol. The number of hydrogen-bond donors (Lipinski definition) is 0. The van der Waals surface area contributed by atoms with Crippen molar-refractivity contribution in [3.8, 4) is 39.1 Å². The van der Waals surface area contributed by atoms with Gasteiger partial charge in [-0.2, -0.15) is 0 Å². The second kappa shape index (κ2) is 13.8. The fourth-order valence-electron chi connectivity index (χ4n) is 11.9. The van der Waals surface area contributed by atoms with Crippen LogP contribution in [0.5, 0.6) is 0 Å². The van der Waals surface area contributed by atoms with Crippen LogP contribution in [0.2, 0.25) is 0 Å². The van der Waals surface area contributed by atoms with Crippen LogP contribution in [0.1, 0.15) is 22.3 Å². The summed E-state index contributed by atoms with van der Waals surface area (Å²) in [5.74, 6) is 0. The van der Waals surface area contributed by atoms with Crippen LogP contribution in [0, 0.1) is 0 Å². The Kier molecular flexibility index (Phi) is 7.64. The largest absolute Gasteiger partial charge is 0.309 e. The van der Waals surface area contributed by atoms with Gasteiger partial charge >= 0.3 is 0 Å². The molecule has 1 unspecified atom stereocenters. The predicted molar refractivity (Wildman–Crippen MR) is 272 cm³/mol. The molecule has 1 spiro atoms. The summed E-state index contributed by atoms with van der Waals surface area (Å²) in [6.45, 7) is 0. The fraction of sp³-hybridized carbons (Fsp3) is 0.0159. The van der Waals surface area contributed by atoms with E-state index in [0.29, 0.717) is 0 Å². The van der Waals surface area contributed by atoms with Crippen molar-refractivity contribution in [3.63, 3.8) is 0 Å². The van der Waals surface area contributed by atoms with Crippen LogP contribution in [0.3, 0.4) is 0 Å². The maximum atomic E-state index is 2.57. The number of anilines is 3. The molecule has 302 valence electrons. The molecule has 2 nitrogen and oxygen atoms in total. The van der Waals surface area contributed by atoms with Gasteiger partial charge in [0.05, 0.1) is 39.2 Å². The maximum absolute atomic E-state index is 2.57. The van der Waals surface area contributed by atoms with Crippen LogP contribution in [0.25, 0.3) is 82.4 Å². The van der Waals surface area contributed by atoms with Crippen molar-refractivity contribution in [2.24, 2.45) is 0 Å². The number of para-hydroxylation sites is 4. The lowest BCUT2D eigenvalue weighted by Crippen LogP contribution is -2.33. The smallest absolute Gasteiger partial charge is 0.0755 e. The molecule has 0 saturated heterocycles. The van der Waals surface area contributed by atoms with Gasteiger partial charge in [-0.3, -0.25) is 0 Å². The van der Waals surface area contributed by atoms with E-state index in [1.807, 2.05) is 0 Å². The molecule has 0 bridgehead atoms. The van der Waals surface area contributed by atoms with E-state index in [4.69, 9.17) is 0 Å². The molecule has 0 saturated carbocycles. The van der Waals surface area contributed by atoms with E-state index in [9.17, 15) is 0 Å². The molecule has 0 fully saturated rings. The third-order valence-corrected chi connectivity index (χ3v) is 14.4. The second-order valence-electron chi connectivity index (χ2n) is 17.5. The molecule has 1 aliphatic heterocycles. The van der Waals surface area contributed by atoms with Gasteiger partial charge in [0.1, 0.15) is 0 Å². The summed E-state index contributed by atoms with van der Waals surface area (Å²) in [5.41, 5.74) is 19.1. The highest BCUT2D eigenvalue weighted by Crippen LogP contribution is 2.63. The standard InChI is InChI=1S/C63H40N2/c1-3-23-43-41(19-1)21-15-30-45(43)46-25-5-6-26-47(46)48-27-8-12-36-57(48)64(56-39-16-22-42-20-2-4-24-44(42)56)60-40-18-34-54-61(60)51-29-7-10-32-52(51)63(54)53-33-11-14-38-59(53)65-58-37-13-9-28-49(58)50-31-17-35-55(63)62(50)65/h1-40H. The molecule has 1 aliphatic carbocycles. The first-order valence-electron chi connectivity index (χ1n) is 22.6. The van der Waals surface area contributed by atoms with Crippen LogP contribution in [0.15, 0.2) is 243 Å². The monoisotopic (exact) mass is 824 g/mol. The minimum Gasteiger partial charge on any atom is -0.309 e. The van der Waals surface area contributed by atoms with E-state index in [2.05, 4.69) is 252 Å². The molecule has 12 aromatic rings. The highest BCUT2D eigenvalue weighted by Gasteiger charge is 2.51. The molecule has 0 N–H and O–H groups in total. The lowest BCUT2D eigenvalue weighted by atomic mass is 9.65. The van der Waals surface area contributed by atoms with Crippen molar-refractivity contribution in [2.75, 3.05) is 4.90 Å². The number of benzene rings is 11. The minimum absolute atomic E-state index is 0.576. The Labute approximate surface area is 377 Å². The molecule has 1 aromatic heterocycles. The van der Waals surface area contributed by atoms with E-state index in [0.717, 1.165) is 17.1 Å². The highest BCUT2D eigenvalue weighted by atomic mass is 15.2. The maximum Gasteiger partial charge on any atom is 0.0755 e. The highest BCUT2D eigenvalue weighted by molar-refractivity contribution is 6.14. The van der Waals surface area contributed by atoms with E-state index in [1.54, 1.807) is 0 Å². The predicted octanol–water partition coefficient (Wildman–Crippen LogP) is 16.6. The summed E-state index contributed by atoms with van der Waals surface area (Å²) >= 11 is 0. The van der Waals surface area contributed by atoms with E-state index in [1.165, 1.54) is 105 Å². The zero-order valence-corrected chi connectivity index (χ0v) is 35.5. The number of hydrogen-bond acceptors (Lipinski definition) is 1. The molecule has 1 atom stereocenters. The summed E-state index contributed by atoms with van der Waals surface area (Å²) in [5, 5.41) is 7.44. The molecule has 0 amide bonds. The number of rotatable bonds is 5. The molecular formula is C63H40N2. The van der Waals surface area contributed by atoms with Gasteiger partial charge in [-0.05, 0) is 91.0 Å². The molecule has 11 aromatic carbocycles. The van der Waals surface area contributed by atoms with Gasteiger partial charge in [0.15, 0.2) is 0 Å². The van der Waals surface area contributed by atoms with Crippen LogP contribution in [-0.4, -0.2) is 4.57 Å². The third-order valence-electron chi connectivity index (χ3n) is 14.4. The molecule has 2 aliphatic rings. The van der Waals surface area contributed by atoms with Crippen molar-refractivity contribution in [1.29, 1.82) is 0 Å². The van der Waals surface area contributed by atoms with Gasteiger partial charge in [0, 0.05) is 27.3 Å². The van der Waals surface area contributed by atoms with Crippen LogP contribution in [-0.2, 0) is 5.41 Å². The Hall–Kier alpha value is -8.46. The first-order chi connectivity index (χ1) is 32.3. The normalized spacial score (nSPS) is 14.5.